The highest BCUT2D eigenvalue weighted by molar-refractivity contribution is 5.92. The number of halogens is 1. The molecule has 0 spiro atoms. The van der Waals surface area contributed by atoms with Crippen molar-refractivity contribution >= 4 is 5.91 Å². The maximum atomic E-state index is 13.8. The maximum absolute atomic E-state index is 13.8. The molecule has 1 amide bonds. The molecule has 1 aliphatic rings. The Kier molecular flexibility index (Phi) is 3.98. The Morgan fingerprint density at radius 2 is 2.04 bits per heavy atom. The van der Waals surface area contributed by atoms with Gasteiger partial charge in [0.1, 0.15) is 11.6 Å². The van der Waals surface area contributed by atoms with Crippen LogP contribution in [0.4, 0.5) is 4.39 Å². The molecule has 3 rings (SSSR count). The average Bonchev–Trinajstić information content (AvgIpc) is 3.16. The van der Waals surface area contributed by atoms with Crippen molar-refractivity contribution in [3.63, 3.8) is 0 Å². The third-order valence-corrected chi connectivity index (χ3v) is 4.29. The fourth-order valence-electron chi connectivity index (χ4n) is 3.14. The normalized spacial score (nSPS) is 18.4. The van der Waals surface area contributed by atoms with Gasteiger partial charge in [-0.05, 0) is 51.0 Å². The summed E-state index contributed by atoms with van der Waals surface area (Å²) in [6.07, 6.45) is 1.61. The first-order valence-corrected chi connectivity index (χ1v) is 7.76. The van der Waals surface area contributed by atoms with Crippen LogP contribution in [0.2, 0.25) is 0 Å². The number of hydrogen-bond donors (Lipinski definition) is 1. The number of aliphatic hydroxyl groups is 1. The zero-order valence-corrected chi connectivity index (χ0v) is 13.3. The van der Waals surface area contributed by atoms with Crippen molar-refractivity contribution < 1.29 is 18.7 Å². The molecule has 0 aliphatic carbocycles. The van der Waals surface area contributed by atoms with Gasteiger partial charge < -0.3 is 14.4 Å². The second kappa shape index (κ2) is 5.81. The lowest BCUT2D eigenvalue weighted by Crippen LogP contribution is -2.48. The summed E-state index contributed by atoms with van der Waals surface area (Å²) in [5.41, 5.74) is -0.639. The number of carbonyl (C=O) groups excluding carboxylic acids is 1. The number of nitrogens with zero attached hydrogens (tertiary/aromatic N) is 1. The lowest BCUT2D eigenvalue weighted by Gasteiger charge is -2.33. The molecule has 4 nitrogen and oxygen atoms in total. The summed E-state index contributed by atoms with van der Waals surface area (Å²) in [6, 6.07) is 9.20. The van der Waals surface area contributed by atoms with E-state index < -0.39 is 11.4 Å². The number of likely N-dealkylation sites (tertiary alicyclic amines) is 1. The van der Waals surface area contributed by atoms with Crippen molar-refractivity contribution in [1.29, 1.82) is 0 Å². The van der Waals surface area contributed by atoms with Crippen LogP contribution in [0.5, 0.6) is 0 Å². The van der Waals surface area contributed by atoms with Gasteiger partial charge in [-0.2, -0.15) is 0 Å². The topological polar surface area (TPSA) is 53.7 Å². The van der Waals surface area contributed by atoms with E-state index in [0.717, 1.165) is 12.8 Å². The number of rotatable bonds is 3. The van der Waals surface area contributed by atoms with E-state index in [2.05, 4.69) is 0 Å². The van der Waals surface area contributed by atoms with Gasteiger partial charge in [0.15, 0.2) is 5.76 Å². The summed E-state index contributed by atoms with van der Waals surface area (Å²) < 4.78 is 19.4. The Bertz CT molecular complexity index is 717. The summed E-state index contributed by atoms with van der Waals surface area (Å²) in [6.45, 7) is 4.00. The van der Waals surface area contributed by atoms with Crippen molar-refractivity contribution in [2.75, 3.05) is 6.54 Å². The van der Waals surface area contributed by atoms with E-state index in [1.165, 1.54) is 6.07 Å². The summed E-state index contributed by atoms with van der Waals surface area (Å²) in [5.74, 6) is -0.168. The highest BCUT2D eigenvalue weighted by atomic mass is 19.1. The molecule has 1 aliphatic heterocycles. The van der Waals surface area contributed by atoms with Crippen LogP contribution < -0.4 is 0 Å². The molecule has 1 saturated heterocycles. The van der Waals surface area contributed by atoms with Crippen LogP contribution in [0.1, 0.15) is 37.2 Å². The van der Waals surface area contributed by atoms with E-state index >= 15 is 0 Å². The first kappa shape index (κ1) is 15.7. The van der Waals surface area contributed by atoms with E-state index in [1.807, 2.05) is 0 Å². The van der Waals surface area contributed by atoms with Crippen molar-refractivity contribution in [3.05, 3.63) is 48.0 Å². The van der Waals surface area contributed by atoms with E-state index in [9.17, 15) is 14.3 Å². The smallest absolute Gasteiger partial charge is 0.289 e. The van der Waals surface area contributed by atoms with Gasteiger partial charge in [-0.1, -0.05) is 12.1 Å². The molecule has 1 aromatic heterocycles. The standard InChI is InChI=1S/C18H20FNO3/c1-18(2,22)16-8-5-11-20(16)17(21)15-10-9-14(23-15)12-6-3-4-7-13(12)19/h3-4,6-7,9-10,16,22H,5,8,11H2,1-2H3. The average molecular weight is 317 g/mol. The van der Waals surface area contributed by atoms with E-state index in [4.69, 9.17) is 4.42 Å². The Morgan fingerprint density at radius 1 is 1.30 bits per heavy atom. The van der Waals surface area contributed by atoms with Crippen LogP contribution in [-0.4, -0.2) is 34.1 Å². The summed E-state index contributed by atoms with van der Waals surface area (Å²) in [5, 5.41) is 10.2. The fourth-order valence-corrected chi connectivity index (χ4v) is 3.14. The maximum Gasteiger partial charge on any atom is 0.289 e. The zero-order chi connectivity index (χ0) is 16.6. The van der Waals surface area contributed by atoms with Crippen molar-refractivity contribution in [2.24, 2.45) is 0 Å². The van der Waals surface area contributed by atoms with Gasteiger partial charge in [0.25, 0.3) is 5.91 Å². The molecule has 0 radical (unpaired) electrons. The van der Waals surface area contributed by atoms with Gasteiger partial charge in [0, 0.05) is 6.54 Å². The number of amides is 1. The largest absolute Gasteiger partial charge is 0.451 e. The molecule has 1 aromatic carbocycles. The minimum Gasteiger partial charge on any atom is -0.451 e. The summed E-state index contributed by atoms with van der Waals surface area (Å²) in [4.78, 5) is 14.3. The first-order chi connectivity index (χ1) is 10.9. The van der Waals surface area contributed by atoms with Gasteiger partial charge in [0.05, 0.1) is 17.2 Å². The monoisotopic (exact) mass is 317 g/mol. The van der Waals surface area contributed by atoms with Gasteiger partial charge in [0.2, 0.25) is 0 Å². The third kappa shape index (κ3) is 3.01. The number of hydrogen-bond acceptors (Lipinski definition) is 3. The summed E-state index contributed by atoms with van der Waals surface area (Å²) in [7, 11) is 0. The Labute approximate surface area is 134 Å². The molecule has 1 unspecified atom stereocenters. The lowest BCUT2D eigenvalue weighted by molar-refractivity contribution is -0.000727. The summed E-state index contributed by atoms with van der Waals surface area (Å²) >= 11 is 0. The number of furan rings is 1. The number of carbonyl (C=O) groups is 1. The van der Waals surface area contributed by atoms with E-state index in [1.54, 1.807) is 49.1 Å². The minimum atomic E-state index is -0.965. The molecular formula is C18H20FNO3. The molecule has 1 N–H and O–H groups in total. The van der Waals surface area contributed by atoms with Crippen LogP contribution in [0.25, 0.3) is 11.3 Å². The molecule has 23 heavy (non-hydrogen) atoms. The van der Waals surface area contributed by atoms with Crippen LogP contribution in [0.3, 0.4) is 0 Å². The van der Waals surface area contributed by atoms with Gasteiger partial charge in [-0.25, -0.2) is 4.39 Å². The molecular weight excluding hydrogens is 297 g/mol. The Morgan fingerprint density at radius 3 is 2.74 bits per heavy atom. The predicted octanol–water partition coefficient (Wildman–Crippen LogP) is 3.46. The quantitative estimate of drug-likeness (QED) is 0.943. The molecule has 1 atom stereocenters. The number of benzene rings is 1. The van der Waals surface area contributed by atoms with Gasteiger partial charge in [-0.3, -0.25) is 4.79 Å². The fraction of sp³-hybridized carbons (Fsp3) is 0.389. The lowest BCUT2D eigenvalue weighted by atomic mass is 9.96. The molecule has 0 saturated carbocycles. The molecule has 2 aromatic rings. The van der Waals surface area contributed by atoms with Crippen molar-refractivity contribution in [2.45, 2.75) is 38.3 Å². The minimum absolute atomic E-state index is 0.166. The van der Waals surface area contributed by atoms with Gasteiger partial charge in [-0.15, -0.1) is 0 Å². The predicted molar refractivity (Wildman–Crippen MR) is 84.5 cm³/mol. The van der Waals surface area contributed by atoms with Crippen LogP contribution >= 0.6 is 0 Å². The molecule has 1 fully saturated rings. The Hall–Kier alpha value is -2.14. The molecule has 2 heterocycles. The van der Waals surface area contributed by atoms with E-state index in [0.29, 0.717) is 17.9 Å². The molecule has 0 bridgehead atoms. The second-order valence-electron chi connectivity index (χ2n) is 6.45. The third-order valence-electron chi connectivity index (χ3n) is 4.29. The van der Waals surface area contributed by atoms with Crippen LogP contribution in [-0.2, 0) is 0 Å². The van der Waals surface area contributed by atoms with Gasteiger partial charge >= 0.3 is 0 Å². The highest BCUT2D eigenvalue weighted by Crippen LogP contribution is 2.30. The van der Waals surface area contributed by atoms with Crippen molar-refractivity contribution in [1.82, 2.24) is 4.90 Å². The molecule has 122 valence electrons. The highest BCUT2D eigenvalue weighted by Gasteiger charge is 2.39. The van der Waals surface area contributed by atoms with E-state index in [-0.39, 0.29) is 17.7 Å². The Balaban J connectivity index is 1.86. The first-order valence-electron chi connectivity index (χ1n) is 7.76. The zero-order valence-electron chi connectivity index (χ0n) is 13.3. The van der Waals surface area contributed by atoms with Crippen LogP contribution in [0, 0.1) is 5.82 Å². The molecule has 5 heteroatoms. The SMILES string of the molecule is CC(C)(O)C1CCCN1C(=O)c1ccc(-c2ccccc2F)o1. The second-order valence-corrected chi connectivity index (χ2v) is 6.45. The van der Waals surface area contributed by atoms with Crippen LogP contribution in [0.15, 0.2) is 40.8 Å². The van der Waals surface area contributed by atoms with Crippen molar-refractivity contribution in [3.8, 4) is 11.3 Å².